The van der Waals surface area contributed by atoms with Crippen LogP contribution in [-0.4, -0.2) is 28.6 Å². The zero-order valence-corrected chi connectivity index (χ0v) is 12.4. The van der Waals surface area contributed by atoms with Gasteiger partial charge in [-0.3, -0.25) is 0 Å². The molecule has 4 heteroatoms. The maximum atomic E-state index is 11.6. The number of pyridine rings is 1. The standard InChI is InChI=1S/C17H20N2O2/c1-11(2)15-8-5-9-19(15)16-13(17(20)21)10-12-6-3-4-7-14(12)18-16/h3-4,6-7,10-11,15H,5,8-9H2,1-2H3,(H,20,21). The minimum Gasteiger partial charge on any atom is -0.478 e. The van der Waals surface area contributed by atoms with Crippen LogP contribution in [0.15, 0.2) is 30.3 Å². The minimum absolute atomic E-state index is 0.307. The third-order valence-corrected chi connectivity index (χ3v) is 4.28. The number of hydrogen-bond acceptors (Lipinski definition) is 3. The lowest BCUT2D eigenvalue weighted by Crippen LogP contribution is -2.35. The number of benzene rings is 1. The van der Waals surface area contributed by atoms with Crippen molar-refractivity contribution in [2.24, 2.45) is 5.92 Å². The van der Waals surface area contributed by atoms with E-state index >= 15 is 0 Å². The van der Waals surface area contributed by atoms with Crippen molar-refractivity contribution < 1.29 is 9.90 Å². The van der Waals surface area contributed by atoms with Crippen LogP contribution in [0, 0.1) is 5.92 Å². The first-order valence-corrected chi connectivity index (χ1v) is 7.47. The fraction of sp³-hybridized carbons (Fsp3) is 0.412. The Hall–Kier alpha value is -2.10. The first-order valence-electron chi connectivity index (χ1n) is 7.47. The molecule has 21 heavy (non-hydrogen) atoms. The topological polar surface area (TPSA) is 53.4 Å². The molecule has 1 aromatic carbocycles. The molecule has 110 valence electrons. The van der Waals surface area contributed by atoms with E-state index < -0.39 is 5.97 Å². The lowest BCUT2D eigenvalue weighted by atomic mass is 10.0. The monoisotopic (exact) mass is 284 g/mol. The van der Waals surface area contributed by atoms with Crippen molar-refractivity contribution in [3.8, 4) is 0 Å². The second kappa shape index (κ2) is 5.35. The number of anilines is 1. The normalized spacial score (nSPS) is 18.6. The zero-order chi connectivity index (χ0) is 15.0. The second-order valence-electron chi connectivity index (χ2n) is 6.00. The molecule has 2 aromatic rings. The van der Waals surface area contributed by atoms with Crippen LogP contribution in [0.3, 0.4) is 0 Å². The van der Waals surface area contributed by atoms with Gasteiger partial charge in [-0.1, -0.05) is 32.0 Å². The Labute approximate surface area is 124 Å². The molecular weight excluding hydrogens is 264 g/mol. The first kappa shape index (κ1) is 13.9. The van der Waals surface area contributed by atoms with Crippen LogP contribution in [0.4, 0.5) is 5.82 Å². The van der Waals surface area contributed by atoms with Crippen LogP contribution >= 0.6 is 0 Å². The van der Waals surface area contributed by atoms with E-state index in [2.05, 4.69) is 23.7 Å². The molecule has 0 radical (unpaired) electrons. The van der Waals surface area contributed by atoms with Crippen molar-refractivity contribution in [2.45, 2.75) is 32.7 Å². The van der Waals surface area contributed by atoms with Gasteiger partial charge in [0.15, 0.2) is 0 Å². The van der Waals surface area contributed by atoms with Crippen molar-refractivity contribution in [1.82, 2.24) is 4.98 Å². The lowest BCUT2D eigenvalue weighted by Gasteiger charge is -2.29. The molecule has 1 aliphatic rings. The zero-order valence-electron chi connectivity index (χ0n) is 12.4. The number of rotatable bonds is 3. The third-order valence-electron chi connectivity index (χ3n) is 4.28. The van der Waals surface area contributed by atoms with E-state index in [4.69, 9.17) is 0 Å². The van der Waals surface area contributed by atoms with Crippen LogP contribution in [0.2, 0.25) is 0 Å². The van der Waals surface area contributed by atoms with Gasteiger partial charge in [0.25, 0.3) is 0 Å². The van der Waals surface area contributed by atoms with Crippen molar-refractivity contribution in [1.29, 1.82) is 0 Å². The third kappa shape index (κ3) is 2.46. The summed E-state index contributed by atoms with van der Waals surface area (Å²) in [6, 6.07) is 9.80. The average molecular weight is 284 g/mol. The number of fused-ring (bicyclic) bond motifs is 1. The Morgan fingerprint density at radius 1 is 1.38 bits per heavy atom. The molecule has 1 fully saturated rings. The van der Waals surface area contributed by atoms with Crippen LogP contribution in [0.25, 0.3) is 10.9 Å². The number of para-hydroxylation sites is 1. The van der Waals surface area contributed by atoms with Crippen LogP contribution in [0.5, 0.6) is 0 Å². The molecule has 1 saturated heterocycles. The van der Waals surface area contributed by atoms with Gasteiger partial charge < -0.3 is 10.0 Å². The number of aromatic carboxylic acids is 1. The molecule has 1 N–H and O–H groups in total. The quantitative estimate of drug-likeness (QED) is 0.936. The molecule has 0 spiro atoms. The first-order chi connectivity index (χ1) is 10.1. The molecular formula is C17H20N2O2. The Balaban J connectivity index is 2.15. The molecule has 0 saturated carbocycles. The van der Waals surface area contributed by atoms with Crippen LogP contribution in [0.1, 0.15) is 37.0 Å². The van der Waals surface area contributed by atoms with Gasteiger partial charge in [0.2, 0.25) is 0 Å². The van der Waals surface area contributed by atoms with E-state index in [1.54, 1.807) is 6.07 Å². The van der Waals surface area contributed by atoms with E-state index in [1.165, 1.54) is 0 Å². The molecule has 1 aliphatic heterocycles. The maximum Gasteiger partial charge on any atom is 0.339 e. The lowest BCUT2D eigenvalue weighted by molar-refractivity contribution is 0.0697. The maximum absolute atomic E-state index is 11.6. The fourth-order valence-corrected chi connectivity index (χ4v) is 3.23. The summed E-state index contributed by atoms with van der Waals surface area (Å²) in [4.78, 5) is 18.5. The highest BCUT2D eigenvalue weighted by Crippen LogP contribution is 2.32. The van der Waals surface area contributed by atoms with E-state index in [0.717, 1.165) is 30.3 Å². The largest absolute Gasteiger partial charge is 0.478 e. The summed E-state index contributed by atoms with van der Waals surface area (Å²) in [5, 5.41) is 10.4. The van der Waals surface area contributed by atoms with Crippen molar-refractivity contribution >= 4 is 22.7 Å². The van der Waals surface area contributed by atoms with E-state index in [9.17, 15) is 9.90 Å². The van der Waals surface area contributed by atoms with Crippen molar-refractivity contribution in [2.75, 3.05) is 11.4 Å². The molecule has 3 rings (SSSR count). The number of aromatic nitrogens is 1. The predicted molar refractivity (Wildman–Crippen MR) is 83.9 cm³/mol. The SMILES string of the molecule is CC(C)C1CCCN1c1nc2ccccc2cc1C(=O)O. The highest BCUT2D eigenvalue weighted by atomic mass is 16.4. The van der Waals surface area contributed by atoms with Gasteiger partial charge in [0.1, 0.15) is 11.4 Å². The summed E-state index contributed by atoms with van der Waals surface area (Å²) in [6.45, 7) is 5.25. The van der Waals surface area contributed by atoms with Crippen LogP contribution in [-0.2, 0) is 0 Å². The van der Waals surface area contributed by atoms with Gasteiger partial charge >= 0.3 is 5.97 Å². The smallest absolute Gasteiger partial charge is 0.339 e. The number of carbonyl (C=O) groups is 1. The Kier molecular flexibility index (Phi) is 3.53. The summed E-state index contributed by atoms with van der Waals surface area (Å²) in [6.07, 6.45) is 2.20. The molecule has 1 unspecified atom stereocenters. The summed E-state index contributed by atoms with van der Waals surface area (Å²) < 4.78 is 0. The predicted octanol–water partition coefficient (Wildman–Crippen LogP) is 3.56. The Morgan fingerprint density at radius 3 is 2.86 bits per heavy atom. The number of carboxylic acid groups (broad SMARTS) is 1. The Morgan fingerprint density at radius 2 is 2.14 bits per heavy atom. The Bertz CT molecular complexity index is 682. The van der Waals surface area contributed by atoms with Gasteiger partial charge in [0, 0.05) is 18.0 Å². The van der Waals surface area contributed by atoms with Crippen molar-refractivity contribution in [3.05, 3.63) is 35.9 Å². The molecule has 4 nitrogen and oxygen atoms in total. The molecule has 1 aromatic heterocycles. The summed E-state index contributed by atoms with van der Waals surface area (Å²) in [5.41, 5.74) is 1.16. The number of hydrogen-bond donors (Lipinski definition) is 1. The highest BCUT2D eigenvalue weighted by Gasteiger charge is 2.31. The minimum atomic E-state index is -0.905. The number of carboxylic acids is 1. The highest BCUT2D eigenvalue weighted by molar-refractivity contribution is 5.98. The summed E-state index contributed by atoms with van der Waals surface area (Å²) in [7, 11) is 0. The molecule has 0 bridgehead atoms. The van der Waals surface area contributed by atoms with Gasteiger partial charge in [-0.2, -0.15) is 0 Å². The van der Waals surface area contributed by atoms with Gasteiger partial charge in [-0.15, -0.1) is 0 Å². The molecule has 2 heterocycles. The van der Waals surface area contributed by atoms with E-state index in [0.29, 0.717) is 23.3 Å². The summed E-state index contributed by atoms with van der Waals surface area (Å²) in [5.74, 6) is 0.206. The number of nitrogens with zero attached hydrogens (tertiary/aromatic N) is 2. The second-order valence-corrected chi connectivity index (χ2v) is 6.00. The summed E-state index contributed by atoms with van der Waals surface area (Å²) >= 11 is 0. The van der Waals surface area contributed by atoms with Gasteiger partial charge in [-0.05, 0) is 30.9 Å². The van der Waals surface area contributed by atoms with Gasteiger partial charge in [-0.25, -0.2) is 9.78 Å². The van der Waals surface area contributed by atoms with Crippen molar-refractivity contribution in [3.63, 3.8) is 0 Å². The molecule has 0 amide bonds. The fourth-order valence-electron chi connectivity index (χ4n) is 3.23. The average Bonchev–Trinajstić information content (AvgIpc) is 2.95. The van der Waals surface area contributed by atoms with E-state index in [-0.39, 0.29) is 0 Å². The van der Waals surface area contributed by atoms with Crippen LogP contribution < -0.4 is 4.90 Å². The molecule has 1 atom stereocenters. The molecule has 0 aliphatic carbocycles. The van der Waals surface area contributed by atoms with E-state index in [1.807, 2.05) is 24.3 Å². The van der Waals surface area contributed by atoms with Gasteiger partial charge in [0.05, 0.1) is 5.52 Å².